The summed E-state index contributed by atoms with van der Waals surface area (Å²) in [5.74, 6) is 5.89. The Morgan fingerprint density at radius 3 is 1.78 bits per heavy atom. The van der Waals surface area contributed by atoms with Crippen LogP contribution in [0.4, 0.5) is 9.59 Å². The molecule has 158 valence electrons. The summed E-state index contributed by atoms with van der Waals surface area (Å²) in [4.78, 5) is 23.4. The molecule has 1 heterocycles. The molecule has 2 amide bonds. The number of carbonyl (C=O) groups is 2. The molecule has 8 nitrogen and oxygen atoms in total. The van der Waals surface area contributed by atoms with E-state index < -0.39 is 0 Å². The molecule has 0 aromatic heterocycles. The van der Waals surface area contributed by atoms with Crippen molar-refractivity contribution in [2.45, 2.75) is 65.2 Å². The van der Waals surface area contributed by atoms with Crippen molar-refractivity contribution in [3.63, 3.8) is 0 Å². The van der Waals surface area contributed by atoms with E-state index in [1.165, 1.54) is 0 Å². The molecular weight excluding hydrogens is 348 g/mol. The van der Waals surface area contributed by atoms with Gasteiger partial charge < -0.3 is 20.1 Å². The monoisotopic (exact) mass is 386 g/mol. The number of hydrogen-bond acceptors (Lipinski definition) is 6. The number of hydrazine groups is 1. The van der Waals surface area contributed by atoms with Crippen LogP contribution in [0.5, 0.6) is 0 Å². The number of amides is 2. The minimum absolute atomic E-state index is 0.0106. The molecule has 0 atom stereocenters. The van der Waals surface area contributed by atoms with Gasteiger partial charge in [-0.15, -0.1) is 0 Å². The Balaban J connectivity index is 2.36. The number of nitrogens with one attached hydrogen (secondary N) is 2. The number of unbranched alkanes of at least 4 members (excludes halogenated alkanes) is 2. The maximum Gasteiger partial charge on any atom is 0.407 e. The summed E-state index contributed by atoms with van der Waals surface area (Å²) in [6.45, 7) is 7.76. The van der Waals surface area contributed by atoms with Gasteiger partial charge in [-0.05, 0) is 43.9 Å². The molecule has 0 bridgehead atoms. The molecule has 4 N–H and O–H groups in total. The predicted octanol–water partition coefficient (Wildman–Crippen LogP) is 2.78. The van der Waals surface area contributed by atoms with Crippen LogP contribution in [0.1, 0.15) is 65.2 Å². The fourth-order valence-corrected chi connectivity index (χ4v) is 3.18. The van der Waals surface area contributed by atoms with E-state index in [9.17, 15) is 9.59 Å². The van der Waals surface area contributed by atoms with Crippen molar-refractivity contribution in [3.8, 4) is 0 Å². The SMILES string of the molecule is CCCCNC(=O)OCCC1(CCOC(=O)NCCCC)CCN(N)CC1. The van der Waals surface area contributed by atoms with Gasteiger partial charge in [-0.25, -0.2) is 14.6 Å². The Hall–Kier alpha value is -1.54. The molecule has 0 aromatic rings. The second kappa shape index (κ2) is 13.6. The molecule has 1 saturated heterocycles. The summed E-state index contributed by atoms with van der Waals surface area (Å²) in [6, 6.07) is 0. The van der Waals surface area contributed by atoms with E-state index in [0.29, 0.717) is 26.3 Å². The van der Waals surface area contributed by atoms with Crippen LogP contribution in [0.25, 0.3) is 0 Å². The number of alkyl carbamates (subject to hydrolysis) is 2. The Morgan fingerprint density at radius 2 is 1.37 bits per heavy atom. The van der Waals surface area contributed by atoms with Crippen LogP contribution in [-0.2, 0) is 9.47 Å². The van der Waals surface area contributed by atoms with Gasteiger partial charge in [-0.2, -0.15) is 0 Å². The number of nitrogens with two attached hydrogens (primary N) is 1. The average Bonchev–Trinajstić information content (AvgIpc) is 2.65. The molecule has 0 spiro atoms. The first kappa shape index (κ1) is 23.5. The summed E-state index contributed by atoms with van der Waals surface area (Å²) in [7, 11) is 0. The third-order valence-electron chi connectivity index (χ3n) is 5.19. The highest BCUT2D eigenvalue weighted by Crippen LogP contribution is 2.37. The van der Waals surface area contributed by atoms with Crippen molar-refractivity contribution in [1.29, 1.82) is 0 Å². The maximum absolute atomic E-state index is 11.7. The lowest BCUT2D eigenvalue weighted by atomic mass is 9.74. The molecule has 0 unspecified atom stereocenters. The summed E-state index contributed by atoms with van der Waals surface area (Å²) < 4.78 is 10.6. The summed E-state index contributed by atoms with van der Waals surface area (Å²) in [6.07, 6.45) is 6.56. The molecule has 27 heavy (non-hydrogen) atoms. The van der Waals surface area contributed by atoms with Crippen LogP contribution in [-0.4, -0.2) is 56.6 Å². The van der Waals surface area contributed by atoms with Gasteiger partial charge >= 0.3 is 12.2 Å². The number of rotatable bonds is 12. The quantitative estimate of drug-likeness (QED) is 0.352. The maximum atomic E-state index is 11.7. The van der Waals surface area contributed by atoms with Crippen molar-refractivity contribution in [3.05, 3.63) is 0 Å². The number of nitrogens with zero attached hydrogens (tertiary/aromatic N) is 1. The molecular formula is C19H38N4O4. The lowest BCUT2D eigenvalue weighted by molar-refractivity contribution is 0.0413. The van der Waals surface area contributed by atoms with E-state index >= 15 is 0 Å². The van der Waals surface area contributed by atoms with Crippen molar-refractivity contribution < 1.29 is 19.1 Å². The van der Waals surface area contributed by atoms with Crippen LogP contribution in [0.3, 0.4) is 0 Å². The van der Waals surface area contributed by atoms with Crippen LogP contribution in [0, 0.1) is 5.41 Å². The summed E-state index contributed by atoms with van der Waals surface area (Å²) in [5.41, 5.74) is -0.0106. The van der Waals surface area contributed by atoms with Crippen LogP contribution in [0.2, 0.25) is 0 Å². The van der Waals surface area contributed by atoms with Crippen molar-refractivity contribution >= 4 is 12.2 Å². The summed E-state index contributed by atoms with van der Waals surface area (Å²) >= 11 is 0. The molecule has 1 fully saturated rings. The zero-order valence-corrected chi connectivity index (χ0v) is 17.1. The molecule has 1 aliphatic rings. The zero-order chi connectivity index (χ0) is 20.0. The Bertz CT molecular complexity index is 396. The largest absolute Gasteiger partial charge is 0.450 e. The minimum atomic E-state index is -0.360. The Kier molecular flexibility index (Phi) is 11.8. The first-order valence-electron chi connectivity index (χ1n) is 10.3. The van der Waals surface area contributed by atoms with E-state index in [0.717, 1.165) is 64.5 Å². The minimum Gasteiger partial charge on any atom is -0.450 e. The predicted molar refractivity (Wildman–Crippen MR) is 105 cm³/mol. The number of piperidine rings is 1. The molecule has 0 radical (unpaired) electrons. The molecule has 0 saturated carbocycles. The zero-order valence-electron chi connectivity index (χ0n) is 17.1. The van der Waals surface area contributed by atoms with Gasteiger partial charge in [0, 0.05) is 26.2 Å². The summed E-state index contributed by atoms with van der Waals surface area (Å²) in [5, 5.41) is 7.33. The fourth-order valence-electron chi connectivity index (χ4n) is 3.18. The standard InChI is InChI=1S/C19H38N4O4/c1-3-5-11-21-17(24)26-15-9-19(7-13-23(20)14-8-19)10-16-27-18(25)22-12-6-4-2/h3-16,20H2,1-2H3,(H,21,24)(H,22,25). The fraction of sp³-hybridized carbons (Fsp3) is 0.895. The second-order valence-corrected chi connectivity index (χ2v) is 7.37. The van der Waals surface area contributed by atoms with Gasteiger partial charge in [0.05, 0.1) is 13.2 Å². The molecule has 0 aliphatic carbocycles. The highest BCUT2D eigenvalue weighted by atomic mass is 16.6. The van der Waals surface area contributed by atoms with Gasteiger partial charge in [0.2, 0.25) is 0 Å². The van der Waals surface area contributed by atoms with Crippen molar-refractivity contribution in [2.75, 3.05) is 39.4 Å². The van der Waals surface area contributed by atoms with Gasteiger partial charge in [-0.1, -0.05) is 26.7 Å². The van der Waals surface area contributed by atoms with Crippen LogP contribution < -0.4 is 16.5 Å². The highest BCUT2D eigenvalue weighted by Gasteiger charge is 2.34. The van der Waals surface area contributed by atoms with Crippen LogP contribution >= 0.6 is 0 Å². The molecule has 0 aromatic carbocycles. The van der Waals surface area contributed by atoms with E-state index in [4.69, 9.17) is 15.3 Å². The highest BCUT2D eigenvalue weighted by molar-refractivity contribution is 5.67. The molecule has 1 aliphatic heterocycles. The van der Waals surface area contributed by atoms with Gasteiger partial charge in [0.25, 0.3) is 0 Å². The molecule has 1 rings (SSSR count). The van der Waals surface area contributed by atoms with Crippen molar-refractivity contribution in [1.82, 2.24) is 15.6 Å². The Labute approximate surface area is 163 Å². The average molecular weight is 387 g/mol. The van der Waals surface area contributed by atoms with Gasteiger partial charge in [-0.3, -0.25) is 5.84 Å². The third-order valence-corrected chi connectivity index (χ3v) is 5.19. The van der Waals surface area contributed by atoms with Gasteiger partial charge in [0.1, 0.15) is 0 Å². The van der Waals surface area contributed by atoms with E-state index in [2.05, 4.69) is 24.5 Å². The number of ether oxygens (including phenoxy) is 2. The lowest BCUT2D eigenvalue weighted by Crippen LogP contribution is -2.45. The van der Waals surface area contributed by atoms with E-state index in [-0.39, 0.29) is 17.6 Å². The normalized spacial score (nSPS) is 16.6. The first-order valence-corrected chi connectivity index (χ1v) is 10.3. The first-order chi connectivity index (χ1) is 13.0. The Morgan fingerprint density at radius 1 is 0.926 bits per heavy atom. The van der Waals surface area contributed by atoms with E-state index in [1.54, 1.807) is 0 Å². The molecule has 8 heteroatoms. The third kappa shape index (κ3) is 10.4. The number of carbonyl (C=O) groups excluding carboxylic acids is 2. The van der Waals surface area contributed by atoms with Crippen molar-refractivity contribution in [2.24, 2.45) is 11.3 Å². The topological polar surface area (TPSA) is 106 Å². The smallest absolute Gasteiger partial charge is 0.407 e. The van der Waals surface area contributed by atoms with Crippen LogP contribution in [0.15, 0.2) is 0 Å². The van der Waals surface area contributed by atoms with E-state index in [1.807, 2.05) is 5.01 Å². The second-order valence-electron chi connectivity index (χ2n) is 7.37. The lowest BCUT2D eigenvalue weighted by Gasteiger charge is -2.40. The van der Waals surface area contributed by atoms with Gasteiger partial charge in [0.15, 0.2) is 0 Å². The number of hydrogen-bond donors (Lipinski definition) is 3.